The van der Waals surface area contributed by atoms with E-state index in [0.29, 0.717) is 10.8 Å². The molecule has 1 fully saturated rings. The summed E-state index contributed by atoms with van der Waals surface area (Å²) in [5.41, 5.74) is 1.64. The molecule has 1 aliphatic heterocycles. The Morgan fingerprint density at radius 1 is 1.47 bits per heavy atom. The number of thioether (sulfide) groups is 2. The van der Waals surface area contributed by atoms with Gasteiger partial charge < -0.3 is 5.32 Å². The summed E-state index contributed by atoms with van der Waals surface area (Å²) in [5.74, 6) is 3.70. The number of nitrogens with one attached hydrogen (secondary N) is 1. The Bertz CT molecular complexity index is 425. The fourth-order valence-corrected chi connectivity index (χ4v) is 4.61. The van der Waals surface area contributed by atoms with Crippen molar-refractivity contribution in [3.05, 3.63) is 28.2 Å². The number of hydrogen-bond donors (Lipinski definition) is 1. The zero-order valence-electron chi connectivity index (χ0n) is 9.28. The van der Waals surface area contributed by atoms with E-state index < -0.39 is 0 Å². The van der Waals surface area contributed by atoms with Crippen LogP contribution < -0.4 is 5.32 Å². The third kappa shape index (κ3) is 3.84. The van der Waals surface area contributed by atoms with Gasteiger partial charge in [-0.05, 0) is 18.2 Å². The minimum absolute atomic E-state index is 0.652. The van der Waals surface area contributed by atoms with Gasteiger partial charge in [-0.1, -0.05) is 15.9 Å². The van der Waals surface area contributed by atoms with Crippen LogP contribution in [0.15, 0.2) is 22.7 Å². The molecule has 0 amide bonds. The van der Waals surface area contributed by atoms with E-state index in [9.17, 15) is 0 Å². The molecule has 1 saturated heterocycles. The Balaban J connectivity index is 1.98. The maximum absolute atomic E-state index is 9.03. The molecule has 0 spiro atoms. The van der Waals surface area contributed by atoms with Crippen LogP contribution in [0.2, 0.25) is 0 Å². The lowest BCUT2D eigenvalue weighted by atomic mass is 10.2. The smallest absolute Gasteiger partial charge is 0.101 e. The number of nitrogens with zero attached hydrogens (tertiary/aromatic N) is 1. The second-order valence-corrected chi connectivity index (χ2v) is 7.22. The van der Waals surface area contributed by atoms with E-state index >= 15 is 0 Å². The van der Waals surface area contributed by atoms with Crippen molar-refractivity contribution >= 4 is 45.1 Å². The molecule has 1 unspecified atom stereocenters. The van der Waals surface area contributed by atoms with Crippen LogP contribution in [0.3, 0.4) is 0 Å². The minimum Gasteiger partial charge on any atom is -0.383 e. The number of halogens is 1. The predicted molar refractivity (Wildman–Crippen MR) is 80.9 cm³/mol. The van der Waals surface area contributed by atoms with Crippen molar-refractivity contribution in [3.8, 4) is 6.07 Å². The number of nitriles is 1. The lowest BCUT2D eigenvalue weighted by molar-refractivity contribution is 1.00. The van der Waals surface area contributed by atoms with E-state index in [-0.39, 0.29) is 0 Å². The summed E-state index contributed by atoms with van der Waals surface area (Å²) < 4.78 is 1.00. The summed E-state index contributed by atoms with van der Waals surface area (Å²) in [4.78, 5) is 0. The van der Waals surface area contributed by atoms with E-state index in [2.05, 4.69) is 27.3 Å². The summed E-state index contributed by atoms with van der Waals surface area (Å²) in [5, 5.41) is 13.1. The largest absolute Gasteiger partial charge is 0.383 e. The van der Waals surface area contributed by atoms with E-state index in [1.807, 2.05) is 41.7 Å². The van der Waals surface area contributed by atoms with E-state index in [1.54, 1.807) is 0 Å². The summed E-state index contributed by atoms with van der Waals surface area (Å²) in [7, 11) is 0. The molecule has 1 N–H and O–H groups in total. The third-order valence-electron chi connectivity index (χ3n) is 2.51. The highest BCUT2D eigenvalue weighted by molar-refractivity contribution is 9.10. The average molecular weight is 329 g/mol. The molecule has 0 aromatic heterocycles. The topological polar surface area (TPSA) is 35.8 Å². The Kier molecular flexibility index (Phi) is 5.08. The first-order chi connectivity index (χ1) is 8.29. The Morgan fingerprint density at radius 3 is 3.06 bits per heavy atom. The summed E-state index contributed by atoms with van der Waals surface area (Å²) >= 11 is 7.47. The van der Waals surface area contributed by atoms with Crippen LogP contribution in [-0.2, 0) is 0 Å². The monoisotopic (exact) mass is 328 g/mol. The number of anilines is 1. The van der Waals surface area contributed by atoms with Crippen molar-refractivity contribution in [2.45, 2.75) is 5.25 Å². The Hall–Kier alpha value is -0.310. The van der Waals surface area contributed by atoms with Crippen molar-refractivity contribution < 1.29 is 0 Å². The van der Waals surface area contributed by atoms with Crippen molar-refractivity contribution in [2.24, 2.45) is 0 Å². The van der Waals surface area contributed by atoms with Gasteiger partial charge in [0.15, 0.2) is 0 Å². The zero-order chi connectivity index (χ0) is 12.1. The fraction of sp³-hybridized carbons (Fsp3) is 0.417. The van der Waals surface area contributed by atoms with Crippen molar-refractivity contribution in [2.75, 3.05) is 29.1 Å². The van der Waals surface area contributed by atoms with Gasteiger partial charge in [0.1, 0.15) is 6.07 Å². The summed E-state index contributed by atoms with van der Waals surface area (Å²) in [6.45, 7) is 0.933. The van der Waals surface area contributed by atoms with E-state index in [0.717, 1.165) is 16.7 Å². The van der Waals surface area contributed by atoms with Gasteiger partial charge in [0.25, 0.3) is 0 Å². The van der Waals surface area contributed by atoms with Crippen molar-refractivity contribution in [3.63, 3.8) is 0 Å². The van der Waals surface area contributed by atoms with Crippen molar-refractivity contribution in [1.29, 1.82) is 5.26 Å². The third-order valence-corrected chi connectivity index (χ3v) is 5.85. The highest BCUT2D eigenvalue weighted by Gasteiger charge is 2.14. The van der Waals surface area contributed by atoms with Crippen LogP contribution in [-0.4, -0.2) is 29.1 Å². The second kappa shape index (κ2) is 6.58. The molecule has 2 rings (SSSR count). The molecular formula is C12H13BrN2S2. The van der Waals surface area contributed by atoms with Crippen LogP contribution in [0.1, 0.15) is 5.56 Å². The number of hydrogen-bond acceptors (Lipinski definition) is 4. The molecule has 0 aliphatic carbocycles. The molecule has 5 heteroatoms. The van der Waals surface area contributed by atoms with Gasteiger partial charge in [-0.2, -0.15) is 28.8 Å². The van der Waals surface area contributed by atoms with Gasteiger partial charge in [-0.25, -0.2) is 0 Å². The maximum Gasteiger partial charge on any atom is 0.101 e. The zero-order valence-corrected chi connectivity index (χ0v) is 12.5. The van der Waals surface area contributed by atoms with Gasteiger partial charge >= 0.3 is 0 Å². The molecule has 0 bridgehead atoms. The Labute approximate surface area is 119 Å². The summed E-state index contributed by atoms with van der Waals surface area (Å²) in [6, 6.07) is 7.93. The van der Waals surface area contributed by atoms with Gasteiger partial charge in [0, 0.05) is 33.5 Å². The molecule has 0 radical (unpaired) electrons. The molecule has 1 atom stereocenters. The maximum atomic E-state index is 9.03. The van der Waals surface area contributed by atoms with Crippen LogP contribution in [0.5, 0.6) is 0 Å². The lowest BCUT2D eigenvalue weighted by Gasteiger charge is -2.22. The molecule has 2 nitrogen and oxygen atoms in total. The van der Waals surface area contributed by atoms with Crippen LogP contribution in [0.25, 0.3) is 0 Å². The van der Waals surface area contributed by atoms with E-state index in [1.165, 1.54) is 17.3 Å². The first-order valence-electron chi connectivity index (χ1n) is 5.42. The number of benzene rings is 1. The SMILES string of the molecule is N#Cc1ccc(Br)cc1NCC1CSCCS1. The van der Waals surface area contributed by atoms with Crippen molar-refractivity contribution in [1.82, 2.24) is 0 Å². The Morgan fingerprint density at radius 2 is 2.35 bits per heavy atom. The average Bonchev–Trinajstić information content (AvgIpc) is 2.38. The molecule has 0 saturated carbocycles. The molecule has 1 aromatic carbocycles. The molecule has 90 valence electrons. The van der Waals surface area contributed by atoms with Gasteiger partial charge in [-0.3, -0.25) is 0 Å². The van der Waals surface area contributed by atoms with Crippen LogP contribution in [0.4, 0.5) is 5.69 Å². The standard InChI is InChI=1S/C12H13BrN2S2/c13-10-2-1-9(6-14)12(5-10)15-7-11-8-16-3-4-17-11/h1-2,5,11,15H,3-4,7-8H2. The fourth-order valence-electron chi connectivity index (χ4n) is 1.64. The highest BCUT2D eigenvalue weighted by atomic mass is 79.9. The molecule has 1 aromatic rings. The normalized spacial score (nSPS) is 19.6. The highest BCUT2D eigenvalue weighted by Crippen LogP contribution is 2.26. The minimum atomic E-state index is 0.652. The molecule has 17 heavy (non-hydrogen) atoms. The van der Waals surface area contributed by atoms with E-state index in [4.69, 9.17) is 5.26 Å². The van der Waals surface area contributed by atoms with Crippen LogP contribution >= 0.6 is 39.5 Å². The lowest BCUT2D eigenvalue weighted by Crippen LogP contribution is -2.23. The molecule has 1 aliphatic rings. The first-order valence-corrected chi connectivity index (χ1v) is 8.42. The molecule has 1 heterocycles. The van der Waals surface area contributed by atoms with Gasteiger partial charge in [0.2, 0.25) is 0 Å². The first kappa shape index (κ1) is 13.1. The predicted octanol–water partition coefficient (Wildman–Crippen LogP) is 3.58. The quantitative estimate of drug-likeness (QED) is 0.919. The summed E-state index contributed by atoms with van der Waals surface area (Å²) in [6.07, 6.45) is 0. The van der Waals surface area contributed by atoms with Gasteiger partial charge in [-0.15, -0.1) is 0 Å². The molecular weight excluding hydrogens is 316 g/mol. The second-order valence-electron chi connectivity index (χ2n) is 3.75. The van der Waals surface area contributed by atoms with Gasteiger partial charge in [0.05, 0.1) is 11.3 Å². The van der Waals surface area contributed by atoms with Crippen LogP contribution in [0, 0.1) is 11.3 Å². The number of rotatable bonds is 3.